The maximum absolute atomic E-state index is 9.14. The largest absolute Gasteiger partial charge is 0.396 e. The van der Waals surface area contributed by atoms with Gasteiger partial charge in [-0.25, -0.2) is 0 Å². The molecule has 0 amide bonds. The van der Waals surface area contributed by atoms with Crippen LogP contribution in [-0.4, -0.2) is 17.8 Å². The Labute approximate surface area is 115 Å². The molecule has 2 rings (SSSR count). The third-order valence-electron chi connectivity index (χ3n) is 4.11. The minimum atomic E-state index is 0.268. The van der Waals surface area contributed by atoms with E-state index in [2.05, 4.69) is 24.4 Å². The molecule has 1 aromatic carbocycles. The van der Waals surface area contributed by atoms with Gasteiger partial charge in [-0.15, -0.1) is 0 Å². The summed E-state index contributed by atoms with van der Waals surface area (Å²) in [6.07, 6.45) is 4.49. The number of aliphatic hydroxyl groups excluding tert-OH is 1. The first-order valence-corrected chi connectivity index (χ1v) is 7.10. The van der Waals surface area contributed by atoms with E-state index < -0.39 is 0 Å². The minimum Gasteiger partial charge on any atom is -0.396 e. The maximum atomic E-state index is 9.14. The van der Waals surface area contributed by atoms with E-state index in [1.807, 2.05) is 18.2 Å². The van der Waals surface area contributed by atoms with Crippen LogP contribution in [-0.2, 0) is 0 Å². The fraction of sp³-hybridized carbons (Fsp3) is 0.562. The van der Waals surface area contributed by atoms with Gasteiger partial charge >= 0.3 is 0 Å². The van der Waals surface area contributed by atoms with Crippen LogP contribution in [0.2, 0.25) is 0 Å². The first-order chi connectivity index (χ1) is 9.22. The Morgan fingerprint density at radius 3 is 2.74 bits per heavy atom. The lowest BCUT2D eigenvalue weighted by molar-refractivity contribution is 0.172. The lowest BCUT2D eigenvalue weighted by Crippen LogP contribution is -2.35. The van der Waals surface area contributed by atoms with E-state index in [0.29, 0.717) is 18.6 Å². The van der Waals surface area contributed by atoms with Crippen LogP contribution in [0.3, 0.4) is 0 Å². The number of nitrogens with one attached hydrogen (secondary N) is 1. The summed E-state index contributed by atoms with van der Waals surface area (Å²) < 4.78 is 0. The summed E-state index contributed by atoms with van der Waals surface area (Å²) >= 11 is 0. The van der Waals surface area contributed by atoms with Crippen molar-refractivity contribution < 1.29 is 5.11 Å². The standard InChI is InChI=1S/C16H22N2O/c1-12(15-4-2-3-14(9-15)10-17)18-16-7-5-13(11-19)6-8-16/h2-4,9,12-13,16,18-19H,5-8,11H2,1H3. The summed E-state index contributed by atoms with van der Waals surface area (Å²) in [5.74, 6) is 0.496. The molecule has 3 nitrogen and oxygen atoms in total. The Hall–Kier alpha value is -1.37. The first kappa shape index (κ1) is 14.0. The molecule has 1 saturated carbocycles. The number of rotatable bonds is 4. The Kier molecular flexibility index (Phi) is 4.95. The summed E-state index contributed by atoms with van der Waals surface area (Å²) in [6.45, 7) is 2.47. The zero-order chi connectivity index (χ0) is 13.7. The van der Waals surface area contributed by atoms with Crippen molar-refractivity contribution in [3.05, 3.63) is 35.4 Å². The first-order valence-electron chi connectivity index (χ1n) is 7.10. The average Bonchev–Trinajstić information content (AvgIpc) is 2.48. The van der Waals surface area contributed by atoms with E-state index in [0.717, 1.165) is 31.2 Å². The maximum Gasteiger partial charge on any atom is 0.0991 e. The van der Waals surface area contributed by atoms with Crippen molar-refractivity contribution in [3.63, 3.8) is 0 Å². The van der Waals surface area contributed by atoms with Gasteiger partial charge in [-0.2, -0.15) is 5.26 Å². The quantitative estimate of drug-likeness (QED) is 0.873. The molecule has 1 aliphatic rings. The lowest BCUT2D eigenvalue weighted by atomic mass is 9.86. The molecular weight excluding hydrogens is 236 g/mol. The molecule has 1 fully saturated rings. The van der Waals surface area contributed by atoms with Gasteiger partial charge in [0.05, 0.1) is 11.6 Å². The molecule has 2 N–H and O–H groups in total. The van der Waals surface area contributed by atoms with Gasteiger partial charge in [0.2, 0.25) is 0 Å². The molecule has 3 heteroatoms. The number of hydrogen-bond acceptors (Lipinski definition) is 3. The van der Waals surface area contributed by atoms with E-state index in [9.17, 15) is 0 Å². The summed E-state index contributed by atoms with van der Waals surface area (Å²) in [5, 5.41) is 21.7. The third kappa shape index (κ3) is 3.79. The Balaban J connectivity index is 1.90. The Morgan fingerprint density at radius 2 is 2.11 bits per heavy atom. The van der Waals surface area contributed by atoms with Crippen LogP contribution < -0.4 is 5.32 Å². The van der Waals surface area contributed by atoms with Crippen LogP contribution in [0.5, 0.6) is 0 Å². The molecule has 1 unspecified atom stereocenters. The van der Waals surface area contributed by atoms with Gasteiger partial charge in [0.1, 0.15) is 0 Å². The average molecular weight is 258 g/mol. The van der Waals surface area contributed by atoms with Crippen molar-refractivity contribution in [2.45, 2.75) is 44.7 Å². The monoisotopic (exact) mass is 258 g/mol. The molecule has 0 aromatic heterocycles. The van der Waals surface area contributed by atoms with Crippen molar-refractivity contribution in [1.82, 2.24) is 5.32 Å². The zero-order valence-electron chi connectivity index (χ0n) is 11.5. The Bertz CT molecular complexity index is 444. The fourth-order valence-corrected chi connectivity index (χ4v) is 2.84. The van der Waals surface area contributed by atoms with Crippen LogP contribution >= 0.6 is 0 Å². The molecule has 0 saturated heterocycles. The van der Waals surface area contributed by atoms with Crippen molar-refractivity contribution in [3.8, 4) is 6.07 Å². The summed E-state index contributed by atoms with van der Waals surface area (Å²) in [5.41, 5.74) is 1.89. The molecule has 0 heterocycles. The van der Waals surface area contributed by atoms with Crippen molar-refractivity contribution in [2.75, 3.05) is 6.61 Å². The zero-order valence-corrected chi connectivity index (χ0v) is 11.5. The molecule has 102 valence electrons. The Morgan fingerprint density at radius 1 is 1.37 bits per heavy atom. The van der Waals surface area contributed by atoms with Crippen LogP contribution in [0, 0.1) is 17.2 Å². The molecule has 0 aliphatic heterocycles. The smallest absolute Gasteiger partial charge is 0.0991 e. The summed E-state index contributed by atoms with van der Waals surface area (Å²) in [4.78, 5) is 0. The van der Waals surface area contributed by atoms with Gasteiger partial charge in [0.15, 0.2) is 0 Å². The molecule has 1 aromatic rings. The summed E-state index contributed by atoms with van der Waals surface area (Å²) in [6, 6.07) is 10.8. The number of nitrogens with zero attached hydrogens (tertiary/aromatic N) is 1. The molecule has 1 atom stereocenters. The minimum absolute atomic E-state index is 0.268. The predicted octanol–water partition coefficient (Wildman–Crippen LogP) is 2.76. The highest BCUT2D eigenvalue weighted by Gasteiger charge is 2.21. The van der Waals surface area contributed by atoms with Crippen molar-refractivity contribution in [1.29, 1.82) is 5.26 Å². The molecule has 19 heavy (non-hydrogen) atoms. The normalized spacial score (nSPS) is 24.7. The topological polar surface area (TPSA) is 56.0 Å². The number of nitriles is 1. The van der Waals surface area contributed by atoms with Gasteiger partial charge < -0.3 is 10.4 Å². The molecular formula is C16H22N2O. The van der Waals surface area contributed by atoms with Gasteiger partial charge in [-0.05, 0) is 56.2 Å². The second-order valence-corrected chi connectivity index (χ2v) is 5.53. The van der Waals surface area contributed by atoms with E-state index in [1.165, 1.54) is 5.56 Å². The fourth-order valence-electron chi connectivity index (χ4n) is 2.84. The van der Waals surface area contributed by atoms with Crippen LogP contribution in [0.1, 0.15) is 49.8 Å². The van der Waals surface area contributed by atoms with E-state index in [-0.39, 0.29) is 6.04 Å². The molecule has 0 spiro atoms. The highest BCUT2D eigenvalue weighted by Crippen LogP contribution is 2.26. The second-order valence-electron chi connectivity index (χ2n) is 5.53. The van der Waals surface area contributed by atoms with Gasteiger partial charge in [0, 0.05) is 18.7 Å². The highest BCUT2D eigenvalue weighted by molar-refractivity contribution is 5.34. The van der Waals surface area contributed by atoms with Gasteiger partial charge in [-0.1, -0.05) is 12.1 Å². The second kappa shape index (κ2) is 6.70. The van der Waals surface area contributed by atoms with Gasteiger partial charge in [-0.3, -0.25) is 0 Å². The van der Waals surface area contributed by atoms with Crippen LogP contribution in [0.25, 0.3) is 0 Å². The molecule has 0 radical (unpaired) electrons. The highest BCUT2D eigenvalue weighted by atomic mass is 16.3. The SMILES string of the molecule is CC(NC1CCC(CO)CC1)c1cccc(C#N)c1. The molecule has 0 bridgehead atoms. The van der Waals surface area contributed by atoms with E-state index >= 15 is 0 Å². The lowest BCUT2D eigenvalue weighted by Gasteiger charge is -2.30. The third-order valence-corrected chi connectivity index (χ3v) is 4.11. The van der Waals surface area contributed by atoms with Gasteiger partial charge in [0.25, 0.3) is 0 Å². The number of aliphatic hydroxyl groups is 1. The predicted molar refractivity (Wildman–Crippen MR) is 75.5 cm³/mol. The van der Waals surface area contributed by atoms with Crippen LogP contribution in [0.15, 0.2) is 24.3 Å². The van der Waals surface area contributed by atoms with Crippen molar-refractivity contribution in [2.24, 2.45) is 5.92 Å². The number of benzene rings is 1. The van der Waals surface area contributed by atoms with Crippen LogP contribution in [0.4, 0.5) is 0 Å². The van der Waals surface area contributed by atoms with Crippen molar-refractivity contribution >= 4 is 0 Å². The van der Waals surface area contributed by atoms with E-state index in [1.54, 1.807) is 0 Å². The summed E-state index contributed by atoms with van der Waals surface area (Å²) in [7, 11) is 0. The molecule has 1 aliphatic carbocycles. The van der Waals surface area contributed by atoms with E-state index in [4.69, 9.17) is 10.4 Å². The number of hydrogen-bond donors (Lipinski definition) is 2.